The SMILES string of the molecule is CCC1(CC#N)CCC(N2CC(OC(C)C)(C(F)(F)F)C2)CC1. The van der Waals surface area contributed by atoms with Crippen molar-refractivity contribution in [2.75, 3.05) is 13.1 Å². The molecule has 2 rings (SSSR count). The molecule has 0 N–H and O–H groups in total. The van der Waals surface area contributed by atoms with Gasteiger partial charge in [-0.05, 0) is 51.4 Å². The minimum Gasteiger partial charge on any atom is -0.360 e. The van der Waals surface area contributed by atoms with Gasteiger partial charge in [0.25, 0.3) is 0 Å². The lowest BCUT2D eigenvalue weighted by atomic mass is 9.68. The molecule has 1 saturated carbocycles. The van der Waals surface area contributed by atoms with Crippen molar-refractivity contribution in [1.29, 1.82) is 5.26 Å². The highest BCUT2D eigenvalue weighted by Gasteiger charge is 2.64. The van der Waals surface area contributed by atoms with E-state index >= 15 is 0 Å². The zero-order chi connectivity index (χ0) is 17.3. The Kier molecular flexibility index (Phi) is 5.32. The summed E-state index contributed by atoms with van der Waals surface area (Å²) in [6.07, 6.45) is 0.389. The summed E-state index contributed by atoms with van der Waals surface area (Å²) in [6, 6.07) is 2.47. The predicted octanol–water partition coefficient (Wildman–Crippen LogP) is 4.28. The first-order valence-corrected chi connectivity index (χ1v) is 8.52. The van der Waals surface area contributed by atoms with Crippen LogP contribution in [0.25, 0.3) is 0 Å². The van der Waals surface area contributed by atoms with Crippen molar-refractivity contribution >= 4 is 0 Å². The number of alkyl halides is 3. The van der Waals surface area contributed by atoms with Crippen molar-refractivity contribution in [2.24, 2.45) is 5.41 Å². The molecule has 1 heterocycles. The van der Waals surface area contributed by atoms with Crippen LogP contribution in [0.2, 0.25) is 0 Å². The molecule has 23 heavy (non-hydrogen) atoms. The van der Waals surface area contributed by atoms with Gasteiger partial charge in [-0.3, -0.25) is 4.90 Å². The monoisotopic (exact) mass is 332 g/mol. The molecule has 0 amide bonds. The standard InChI is InChI=1S/C17H27F3N2O/c1-4-15(9-10-21)7-5-14(6-8-15)22-11-16(12-22,17(18,19)20)23-13(2)3/h13-14H,4-9,11-12H2,1-3H3. The van der Waals surface area contributed by atoms with Crippen molar-refractivity contribution in [2.45, 2.75) is 83.2 Å². The van der Waals surface area contributed by atoms with Crippen molar-refractivity contribution < 1.29 is 17.9 Å². The van der Waals surface area contributed by atoms with E-state index < -0.39 is 17.9 Å². The fraction of sp³-hybridized carbons (Fsp3) is 0.941. The number of ether oxygens (including phenoxy) is 1. The van der Waals surface area contributed by atoms with Gasteiger partial charge in [-0.1, -0.05) is 6.92 Å². The number of nitrogens with zero attached hydrogens (tertiary/aromatic N) is 2. The van der Waals surface area contributed by atoms with E-state index in [0.717, 1.165) is 32.1 Å². The van der Waals surface area contributed by atoms with Gasteiger partial charge >= 0.3 is 6.18 Å². The largest absolute Gasteiger partial charge is 0.419 e. The lowest BCUT2D eigenvalue weighted by molar-refractivity contribution is -0.332. The Morgan fingerprint density at radius 1 is 1.26 bits per heavy atom. The van der Waals surface area contributed by atoms with Crippen LogP contribution in [0.5, 0.6) is 0 Å². The Bertz CT molecular complexity index is 442. The average molecular weight is 332 g/mol. The van der Waals surface area contributed by atoms with E-state index in [4.69, 9.17) is 10.00 Å². The Balaban J connectivity index is 1.94. The third-order valence-corrected chi connectivity index (χ3v) is 5.63. The lowest BCUT2D eigenvalue weighted by Gasteiger charge is -2.55. The summed E-state index contributed by atoms with van der Waals surface area (Å²) in [5.41, 5.74) is -1.92. The maximum atomic E-state index is 13.3. The highest BCUT2D eigenvalue weighted by atomic mass is 19.4. The van der Waals surface area contributed by atoms with Crippen LogP contribution in [0.4, 0.5) is 13.2 Å². The second-order valence-electron chi connectivity index (χ2n) is 7.48. The molecule has 6 heteroatoms. The highest BCUT2D eigenvalue weighted by Crippen LogP contribution is 2.47. The molecule has 1 aliphatic heterocycles. The Morgan fingerprint density at radius 2 is 1.83 bits per heavy atom. The summed E-state index contributed by atoms with van der Waals surface area (Å²) in [5, 5.41) is 8.99. The second-order valence-corrected chi connectivity index (χ2v) is 7.48. The molecule has 0 bridgehead atoms. The molecule has 2 fully saturated rings. The van der Waals surface area contributed by atoms with Crippen molar-refractivity contribution in [3.8, 4) is 6.07 Å². The molecule has 0 aromatic rings. The van der Waals surface area contributed by atoms with Crippen LogP contribution in [-0.2, 0) is 4.74 Å². The molecule has 0 unspecified atom stereocenters. The van der Waals surface area contributed by atoms with Gasteiger partial charge in [-0.2, -0.15) is 18.4 Å². The molecule has 3 nitrogen and oxygen atoms in total. The summed E-state index contributed by atoms with van der Waals surface area (Å²) in [6.45, 7) is 5.28. The third-order valence-electron chi connectivity index (χ3n) is 5.63. The van der Waals surface area contributed by atoms with Gasteiger partial charge in [-0.25, -0.2) is 0 Å². The van der Waals surface area contributed by atoms with Crippen LogP contribution in [0.1, 0.15) is 59.3 Å². The van der Waals surface area contributed by atoms with E-state index in [9.17, 15) is 13.2 Å². The van der Waals surface area contributed by atoms with Gasteiger partial charge in [-0.15, -0.1) is 0 Å². The molecule has 0 spiro atoms. The van der Waals surface area contributed by atoms with Gasteiger partial charge in [0.15, 0.2) is 5.60 Å². The first-order valence-electron chi connectivity index (χ1n) is 8.52. The quantitative estimate of drug-likeness (QED) is 0.754. The normalized spacial score (nSPS) is 31.7. The van der Waals surface area contributed by atoms with Crippen molar-refractivity contribution in [3.63, 3.8) is 0 Å². The number of hydrogen-bond donors (Lipinski definition) is 0. The molecule has 0 atom stereocenters. The van der Waals surface area contributed by atoms with Crippen LogP contribution >= 0.6 is 0 Å². The number of nitriles is 1. The van der Waals surface area contributed by atoms with Gasteiger partial charge in [0.2, 0.25) is 0 Å². The van der Waals surface area contributed by atoms with E-state index in [2.05, 4.69) is 13.0 Å². The van der Waals surface area contributed by atoms with Crippen LogP contribution in [0.3, 0.4) is 0 Å². The Labute approximate surface area is 136 Å². The van der Waals surface area contributed by atoms with Crippen LogP contribution in [-0.4, -0.2) is 41.9 Å². The lowest BCUT2D eigenvalue weighted by Crippen LogP contribution is -2.73. The maximum absolute atomic E-state index is 13.3. The number of hydrogen-bond acceptors (Lipinski definition) is 3. The van der Waals surface area contributed by atoms with Gasteiger partial charge < -0.3 is 4.74 Å². The smallest absolute Gasteiger partial charge is 0.360 e. The highest BCUT2D eigenvalue weighted by molar-refractivity contribution is 5.06. The summed E-state index contributed by atoms with van der Waals surface area (Å²) < 4.78 is 45.3. The third kappa shape index (κ3) is 3.66. The fourth-order valence-electron chi connectivity index (χ4n) is 4.04. The Morgan fingerprint density at radius 3 is 2.22 bits per heavy atom. The second kappa shape index (κ2) is 6.60. The van der Waals surface area contributed by atoms with Crippen LogP contribution in [0.15, 0.2) is 0 Å². The molecule has 1 aliphatic carbocycles. The average Bonchev–Trinajstić information content (AvgIpc) is 2.42. The van der Waals surface area contributed by atoms with E-state index in [0.29, 0.717) is 6.42 Å². The summed E-state index contributed by atoms with van der Waals surface area (Å²) in [4.78, 5) is 1.92. The van der Waals surface area contributed by atoms with Crippen molar-refractivity contribution in [1.82, 2.24) is 4.90 Å². The zero-order valence-electron chi connectivity index (χ0n) is 14.2. The summed E-state index contributed by atoms with van der Waals surface area (Å²) >= 11 is 0. The topological polar surface area (TPSA) is 36.3 Å². The first-order chi connectivity index (χ1) is 10.7. The van der Waals surface area contributed by atoms with E-state index in [1.165, 1.54) is 0 Å². The zero-order valence-corrected chi connectivity index (χ0v) is 14.2. The minimum atomic E-state index is -4.32. The van der Waals surface area contributed by atoms with E-state index in [1.807, 2.05) is 4.90 Å². The summed E-state index contributed by atoms with van der Waals surface area (Å²) in [7, 11) is 0. The van der Waals surface area contributed by atoms with Crippen molar-refractivity contribution in [3.05, 3.63) is 0 Å². The fourth-order valence-corrected chi connectivity index (χ4v) is 4.04. The molecule has 1 saturated heterocycles. The number of halogens is 3. The van der Waals surface area contributed by atoms with Gasteiger partial charge in [0, 0.05) is 25.6 Å². The number of likely N-dealkylation sites (tertiary alicyclic amines) is 1. The predicted molar refractivity (Wildman–Crippen MR) is 81.8 cm³/mol. The first kappa shape index (κ1) is 18.5. The molecule has 2 aliphatic rings. The molecule has 0 aromatic heterocycles. The number of rotatable bonds is 5. The van der Waals surface area contributed by atoms with Crippen LogP contribution < -0.4 is 0 Å². The molecular weight excluding hydrogens is 305 g/mol. The van der Waals surface area contributed by atoms with Gasteiger partial charge in [0.05, 0.1) is 12.2 Å². The van der Waals surface area contributed by atoms with E-state index in [-0.39, 0.29) is 24.5 Å². The van der Waals surface area contributed by atoms with E-state index in [1.54, 1.807) is 13.8 Å². The maximum Gasteiger partial charge on any atom is 0.419 e. The molecule has 0 aromatic carbocycles. The molecule has 0 radical (unpaired) electrons. The van der Waals surface area contributed by atoms with Crippen LogP contribution in [0, 0.1) is 16.7 Å². The van der Waals surface area contributed by atoms with Gasteiger partial charge in [0.1, 0.15) is 0 Å². The summed E-state index contributed by atoms with van der Waals surface area (Å²) in [5.74, 6) is 0. The Hall–Kier alpha value is -0.800. The minimum absolute atomic E-state index is 0.0588. The molecule has 132 valence electrons. The molecular formula is C17H27F3N2O.